The second-order valence-electron chi connectivity index (χ2n) is 7.18. The SMILES string of the molecule is COc1ccc(-c2[nH]n(-c3ccc(OC)cc3)c(=O)c2C(C)=NN2CCOCC2)cc1. The van der Waals surface area contributed by atoms with Crippen molar-refractivity contribution in [2.45, 2.75) is 6.92 Å². The Labute approximate surface area is 180 Å². The Morgan fingerprint density at radius 2 is 1.55 bits per heavy atom. The van der Waals surface area contributed by atoms with E-state index in [4.69, 9.17) is 19.3 Å². The zero-order chi connectivity index (χ0) is 21.8. The van der Waals surface area contributed by atoms with E-state index >= 15 is 0 Å². The molecule has 0 spiro atoms. The largest absolute Gasteiger partial charge is 0.497 e. The highest BCUT2D eigenvalue weighted by Gasteiger charge is 2.21. The summed E-state index contributed by atoms with van der Waals surface area (Å²) in [5.41, 5.74) is 3.32. The van der Waals surface area contributed by atoms with Gasteiger partial charge in [0.1, 0.15) is 11.5 Å². The number of ether oxygens (including phenoxy) is 3. The number of nitrogens with zero attached hydrogens (tertiary/aromatic N) is 3. The number of rotatable bonds is 6. The van der Waals surface area contributed by atoms with Crippen LogP contribution in [0.2, 0.25) is 0 Å². The zero-order valence-corrected chi connectivity index (χ0v) is 17.9. The Hall–Kier alpha value is -3.52. The summed E-state index contributed by atoms with van der Waals surface area (Å²) < 4.78 is 17.4. The molecule has 1 N–H and O–H groups in total. The van der Waals surface area contributed by atoms with Gasteiger partial charge in [-0.25, -0.2) is 4.68 Å². The molecule has 1 aliphatic rings. The maximum Gasteiger partial charge on any atom is 0.281 e. The van der Waals surface area contributed by atoms with Crippen molar-refractivity contribution in [2.24, 2.45) is 5.10 Å². The number of nitrogens with one attached hydrogen (secondary N) is 1. The molecule has 4 rings (SSSR count). The summed E-state index contributed by atoms with van der Waals surface area (Å²) >= 11 is 0. The Morgan fingerprint density at radius 3 is 2.13 bits per heavy atom. The van der Waals surface area contributed by atoms with Crippen molar-refractivity contribution in [3.63, 3.8) is 0 Å². The van der Waals surface area contributed by atoms with E-state index in [0.29, 0.717) is 49.0 Å². The number of benzene rings is 2. The van der Waals surface area contributed by atoms with Crippen molar-refractivity contribution in [1.82, 2.24) is 14.8 Å². The Balaban J connectivity index is 1.82. The monoisotopic (exact) mass is 422 g/mol. The highest BCUT2D eigenvalue weighted by molar-refractivity contribution is 6.03. The van der Waals surface area contributed by atoms with Crippen LogP contribution in [0.1, 0.15) is 12.5 Å². The number of morpholine rings is 1. The van der Waals surface area contributed by atoms with Gasteiger partial charge >= 0.3 is 0 Å². The Bertz CT molecular complexity index is 1110. The van der Waals surface area contributed by atoms with E-state index in [0.717, 1.165) is 17.1 Å². The van der Waals surface area contributed by atoms with Gasteiger partial charge in [0.15, 0.2) is 0 Å². The maximum atomic E-state index is 13.5. The molecule has 2 aromatic carbocycles. The fraction of sp³-hybridized carbons (Fsp3) is 0.304. The van der Waals surface area contributed by atoms with Crippen molar-refractivity contribution in [3.8, 4) is 28.4 Å². The minimum Gasteiger partial charge on any atom is -0.497 e. The fourth-order valence-electron chi connectivity index (χ4n) is 3.57. The lowest BCUT2D eigenvalue weighted by molar-refractivity contribution is 0.0393. The number of hydrogen-bond acceptors (Lipinski definition) is 6. The minimum atomic E-state index is -0.162. The van der Waals surface area contributed by atoms with Crippen LogP contribution in [0.15, 0.2) is 58.4 Å². The standard InChI is InChI=1S/C23H26N4O4/c1-16(24-26-12-14-31-15-13-26)21-22(17-4-8-19(29-2)9-5-17)25-27(23(21)28)18-6-10-20(30-3)11-7-18/h4-11,25H,12-15H2,1-3H3. The molecule has 1 aromatic heterocycles. The van der Waals surface area contributed by atoms with Crippen LogP contribution in [-0.2, 0) is 4.74 Å². The molecule has 0 saturated carbocycles. The van der Waals surface area contributed by atoms with Crippen LogP contribution < -0.4 is 15.0 Å². The average molecular weight is 422 g/mol. The lowest BCUT2D eigenvalue weighted by Crippen LogP contribution is -2.33. The smallest absolute Gasteiger partial charge is 0.281 e. The molecule has 1 saturated heterocycles. The summed E-state index contributed by atoms with van der Waals surface area (Å²) in [6.45, 7) is 4.53. The van der Waals surface area contributed by atoms with Gasteiger partial charge in [0.2, 0.25) is 0 Å². The quantitative estimate of drug-likeness (QED) is 0.618. The minimum absolute atomic E-state index is 0.162. The van der Waals surface area contributed by atoms with Crippen LogP contribution in [0.25, 0.3) is 16.9 Å². The molecule has 8 heteroatoms. The lowest BCUT2D eigenvalue weighted by Gasteiger charge is -2.24. The first-order valence-electron chi connectivity index (χ1n) is 10.1. The Kier molecular flexibility index (Phi) is 6.08. The van der Waals surface area contributed by atoms with Gasteiger partial charge in [0.25, 0.3) is 5.56 Å². The molecule has 0 radical (unpaired) electrons. The predicted octanol–water partition coefficient (Wildman–Crippen LogP) is 2.91. The maximum absolute atomic E-state index is 13.5. The molecule has 162 valence electrons. The fourth-order valence-corrected chi connectivity index (χ4v) is 3.57. The molecule has 1 fully saturated rings. The number of methoxy groups -OCH3 is 2. The molecular formula is C23H26N4O4. The van der Waals surface area contributed by atoms with Crippen molar-refractivity contribution in [1.29, 1.82) is 0 Å². The predicted molar refractivity (Wildman–Crippen MR) is 120 cm³/mol. The van der Waals surface area contributed by atoms with Gasteiger partial charge in [0.05, 0.1) is 63.2 Å². The molecular weight excluding hydrogens is 396 g/mol. The zero-order valence-electron chi connectivity index (χ0n) is 17.9. The molecule has 8 nitrogen and oxygen atoms in total. The molecule has 31 heavy (non-hydrogen) atoms. The van der Waals surface area contributed by atoms with Crippen LogP contribution in [0.3, 0.4) is 0 Å². The van der Waals surface area contributed by atoms with E-state index in [-0.39, 0.29) is 5.56 Å². The molecule has 3 aromatic rings. The third-order valence-electron chi connectivity index (χ3n) is 5.24. The van der Waals surface area contributed by atoms with Crippen molar-refractivity contribution in [2.75, 3.05) is 40.5 Å². The summed E-state index contributed by atoms with van der Waals surface area (Å²) in [7, 11) is 3.24. The highest BCUT2D eigenvalue weighted by atomic mass is 16.5. The molecule has 0 atom stereocenters. The molecule has 2 heterocycles. The third kappa shape index (κ3) is 4.34. The number of aromatic amines is 1. The molecule has 1 aliphatic heterocycles. The van der Waals surface area contributed by atoms with E-state index < -0.39 is 0 Å². The van der Waals surface area contributed by atoms with Gasteiger partial charge in [-0.3, -0.25) is 14.9 Å². The van der Waals surface area contributed by atoms with E-state index in [1.54, 1.807) is 14.2 Å². The number of hydrazone groups is 1. The van der Waals surface area contributed by atoms with Gasteiger partial charge in [-0.15, -0.1) is 0 Å². The van der Waals surface area contributed by atoms with Crippen LogP contribution in [0.5, 0.6) is 11.5 Å². The molecule has 0 unspecified atom stereocenters. The second-order valence-corrected chi connectivity index (χ2v) is 7.18. The van der Waals surface area contributed by atoms with Crippen molar-refractivity contribution in [3.05, 3.63) is 64.4 Å². The first-order chi connectivity index (χ1) is 15.1. The van der Waals surface area contributed by atoms with E-state index in [9.17, 15) is 4.79 Å². The summed E-state index contributed by atoms with van der Waals surface area (Å²) in [4.78, 5) is 13.5. The lowest BCUT2D eigenvalue weighted by atomic mass is 10.1. The van der Waals surface area contributed by atoms with Gasteiger partial charge < -0.3 is 14.2 Å². The summed E-state index contributed by atoms with van der Waals surface area (Å²) in [6, 6.07) is 14.9. The van der Waals surface area contributed by atoms with E-state index in [2.05, 4.69) is 5.10 Å². The topological polar surface area (TPSA) is 81.1 Å². The van der Waals surface area contributed by atoms with Gasteiger partial charge in [-0.05, 0) is 55.5 Å². The summed E-state index contributed by atoms with van der Waals surface area (Å²) in [6.07, 6.45) is 0. The third-order valence-corrected chi connectivity index (χ3v) is 5.24. The number of hydrogen-bond donors (Lipinski definition) is 1. The van der Waals surface area contributed by atoms with E-state index in [1.807, 2.05) is 60.5 Å². The van der Waals surface area contributed by atoms with Crippen LogP contribution >= 0.6 is 0 Å². The first kappa shape index (κ1) is 20.7. The highest BCUT2D eigenvalue weighted by Crippen LogP contribution is 2.25. The van der Waals surface area contributed by atoms with Gasteiger partial charge in [0, 0.05) is 5.56 Å². The number of aromatic nitrogens is 2. The van der Waals surface area contributed by atoms with Crippen LogP contribution in [-0.4, -0.2) is 61.0 Å². The van der Waals surface area contributed by atoms with Crippen LogP contribution in [0, 0.1) is 0 Å². The van der Waals surface area contributed by atoms with Crippen LogP contribution in [0.4, 0.5) is 0 Å². The Morgan fingerprint density at radius 1 is 0.968 bits per heavy atom. The van der Waals surface area contributed by atoms with E-state index in [1.165, 1.54) is 4.68 Å². The van der Waals surface area contributed by atoms with Crippen molar-refractivity contribution < 1.29 is 14.2 Å². The summed E-state index contributed by atoms with van der Waals surface area (Å²) in [5.74, 6) is 1.48. The van der Waals surface area contributed by atoms with Gasteiger partial charge in [-0.1, -0.05) is 0 Å². The first-order valence-corrected chi connectivity index (χ1v) is 10.1. The number of H-pyrrole nitrogens is 1. The molecule has 0 aliphatic carbocycles. The normalized spacial score (nSPS) is 14.5. The van der Waals surface area contributed by atoms with Crippen molar-refractivity contribution >= 4 is 5.71 Å². The molecule has 0 amide bonds. The second kappa shape index (κ2) is 9.09. The average Bonchev–Trinajstić information content (AvgIpc) is 3.17. The summed E-state index contributed by atoms with van der Waals surface area (Å²) in [5, 5.41) is 9.93. The molecule has 0 bridgehead atoms. The van der Waals surface area contributed by atoms with Gasteiger partial charge in [-0.2, -0.15) is 5.10 Å².